The molecule has 0 unspecified atom stereocenters. The number of benzene rings is 1. The zero-order valence-electron chi connectivity index (χ0n) is 11.5. The van der Waals surface area contributed by atoms with Gasteiger partial charge < -0.3 is 5.32 Å². The van der Waals surface area contributed by atoms with Gasteiger partial charge in [0.2, 0.25) is 0 Å². The molecule has 0 aliphatic rings. The van der Waals surface area contributed by atoms with E-state index in [2.05, 4.69) is 19.2 Å². The van der Waals surface area contributed by atoms with Crippen LogP contribution in [0.1, 0.15) is 49.9 Å². The fraction of sp³-hybridized carbons (Fsp3) is 0.533. The van der Waals surface area contributed by atoms with Crippen LogP contribution in [0.3, 0.4) is 0 Å². The average molecular weight is 302 g/mol. The highest BCUT2D eigenvalue weighted by atomic mass is 35.5. The molecule has 0 saturated heterocycles. The van der Waals surface area contributed by atoms with Crippen molar-refractivity contribution in [3.63, 3.8) is 0 Å². The van der Waals surface area contributed by atoms with Gasteiger partial charge in [-0.05, 0) is 30.5 Å². The molecule has 0 bridgehead atoms. The van der Waals surface area contributed by atoms with Gasteiger partial charge in [0.05, 0.1) is 10.0 Å². The first-order chi connectivity index (χ1) is 9.08. The summed E-state index contributed by atoms with van der Waals surface area (Å²) in [7, 11) is 0. The van der Waals surface area contributed by atoms with Crippen molar-refractivity contribution in [2.24, 2.45) is 5.92 Å². The van der Waals surface area contributed by atoms with Crippen molar-refractivity contribution in [1.29, 1.82) is 0 Å². The van der Waals surface area contributed by atoms with E-state index >= 15 is 0 Å². The Hall–Kier alpha value is -0.730. The van der Waals surface area contributed by atoms with E-state index in [1.165, 1.54) is 12.8 Å². The number of carbonyl (C=O) groups excluding carboxylic acids is 1. The number of rotatable bonds is 7. The van der Waals surface area contributed by atoms with Crippen LogP contribution in [0.15, 0.2) is 18.2 Å². The molecule has 106 valence electrons. The Morgan fingerprint density at radius 3 is 2.58 bits per heavy atom. The van der Waals surface area contributed by atoms with E-state index in [1.54, 1.807) is 18.2 Å². The van der Waals surface area contributed by atoms with Crippen molar-refractivity contribution < 1.29 is 4.79 Å². The van der Waals surface area contributed by atoms with E-state index in [0.717, 1.165) is 19.4 Å². The standard InChI is InChI=1S/C15H21Cl2NO/c1-3-5-6-11(4-2)10-18-15(19)12-7-8-13(16)14(17)9-12/h7-9,11H,3-6,10H2,1-2H3,(H,18,19)/t11-/m0/s1. The van der Waals surface area contributed by atoms with Gasteiger partial charge in [0, 0.05) is 12.1 Å². The molecule has 0 aromatic heterocycles. The molecule has 1 aromatic rings. The molecule has 1 atom stereocenters. The van der Waals surface area contributed by atoms with Gasteiger partial charge >= 0.3 is 0 Å². The van der Waals surface area contributed by atoms with Gasteiger partial charge in [0.1, 0.15) is 0 Å². The minimum absolute atomic E-state index is 0.0893. The number of nitrogens with one attached hydrogen (secondary N) is 1. The monoisotopic (exact) mass is 301 g/mol. The van der Waals surface area contributed by atoms with Crippen molar-refractivity contribution in [3.8, 4) is 0 Å². The summed E-state index contributed by atoms with van der Waals surface area (Å²) in [6.07, 6.45) is 4.65. The van der Waals surface area contributed by atoms with E-state index in [4.69, 9.17) is 23.2 Å². The van der Waals surface area contributed by atoms with Crippen LogP contribution in [0, 0.1) is 5.92 Å². The SMILES string of the molecule is CCCC[C@H](CC)CNC(=O)c1ccc(Cl)c(Cl)c1. The number of unbranched alkanes of at least 4 members (excludes halogenated alkanes) is 1. The first-order valence-electron chi connectivity index (χ1n) is 6.81. The Morgan fingerprint density at radius 2 is 2.00 bits per heavy atom. The molecule has 0 aliphatic heterocycles. The van der Waals surface area contributed by atoms with Crippen molar-refractivity contribution in [2.45, 2.75) is 39.5 Å². The predicted octanol–water partition coefficient (Wildman–Crippen LogP) is 4.94. The first-order valence-corrected chi connectivity index (χ1v) is 7.57. The van der Waals surface area contributed by atoms with Crippen molar-refractivity contribution >= 4 is 29.1 Å². The summed E-state index contributed by atoms with van der Waals surface area (Å²) >= 11 is 11.7. The van der Waals surface area contributed by atoms with E-state index in [0.29, 0.717) is 21.5 Å². The molecule has 4 heteroatoms. The highest BCUT2D eigenvalue weighted by Gasteiger charge is 2.11. The van der Waals surface area contributed by atoms with Gasteiger partial charge in [0.15, 0.2) is 0 Å². The lowest BCUT2D eigenvalue weighted by molar-refractivity contribution is 0.0946. The average Bonchev–Trinajstić information content (AvgIpc) is 2.41. The third-order valence-electron chi connectivity index (χ3n) is 3.28. The molecular weight excluding hydrogens is 281 g/mol. The third-order valence-corrected chi connectivity index (χ3v) is 4.02. The molecule has 1 aromatic carbocycles. The highest BCUT2D eigenvalue weighted by molar-refractivity contribution is 6.42. The number of hydrogen-bond donors (Lipinski definition) is 1. The van der Waals surface area contributed by atoms with E-state index in [-0.39, 0.29) is 5.91 Å². The lowest BCUT2D eigenvalue weighted by Gasteiger charge is -2.15. The molecule has 1 amide bonds. The molecule has 1 rings (SSSR count). The van der Waals surface area contributed by atoms with Crippen LogP contribution in [0.25, 0.3) is 0 Å². The number of amides is 1. The Morgan fingerprint density at radius 1 is 1.26 bits per heavy atom. The Balaban J connectivity index is 2.52. The van der Waals surface area contributed by atoms with E-state index in [1.807, 2.05) is 0 Å². The molecule has 0 aliphatic carbocycles. The molecule has 1 N–H and O–H groups in total. The smallest absolute Gasteiger partial charge is 0.251 e. The number of halogens is 2. The fourth-order valence-corrected chi connectivity index (χ4v) is 2.22. The minimum Gasteiger partial charge on any atom is -0.352 e. The normalized spacial score (nSPS) is 12.2. The summed E-state index contributed by atoms with van der Waals surface area (Å²) in [6.45, 7) is 5.06. The van der Waals surface area contributed by atoms with Gasteiger partial charge in [0.25, 0.3) is 5.91 Å². The molecule has 0 spiro atoms. The number of hydrogen-bond acceptors (Lipinski definition) is 1. The maximum absolute atomic E-state index is 12.0. The highest BCUT2D eigenvalue weighted by Crippen LogP contribution is 2.22. The lowest BCUT2D eigenvalue weighted by atomic mass is 9.99. The van der Waals surface area contributed by atoms with Crippen molar-refractivity contribution in [2.75, 3.05) is 6.54 Å². The maximum Gasteiger partial charge on any atom is 0.251 e. The topological polar surface area (TPSA) is 29.1 Å². The summed E-state index contributed by atoms with van der Waals surface area (Å²) in [5, 5.41) is 3.84. The molecule has 0 fully saturated rings. The van der Waals surface area contributed by atoms with Gasteiger partial charge in [-0.3, -0.25) is 4.79 Å². The maximum atomic E-state index is 12.0. The second-order valence-electron chi connectivity index (χ2n) is 4.76. The van der Waals surface area contributed by atoms with Crippen LogP contribution < -0.4 is 5.32 Å². The molecule has 2 nitrogen and oxygen atoms in total. The van der Waals surface area contributed by atoms with Crippen LogP contribution in [-0.4, -0.2) is 12.5 Å². The van der Waals surface area contributed by atoms with Crippen LogP contribution >= 0.6 is 23.2 Å². The van der Waals surface area contributed by atoms with Gasteiger partial charge in [-0.15, -0.1) is 0 Å². The lowest BCUT2D eigenvalue weighted by Crippen LogP contribution is -2.29. The third kappa shape index (κ3) is 5.42. The molecule has 0 saturated carbocycles. The van der Waals surface area contributed by atoms with Crippen LogP contribution in [0.5, 0.6) is 0 Å². The second kappa shape index (κ2) is 8.44. The van der Waals surface area contributed by atoms with Gasteiger partial charge in [-0.25, -0.2) is 0 Å². The zero-order chi connectivity index (χ0) is 14.3. The summed E-state index contributed by atoms with van der Waals surface area (Å²) in [4.78, 5) is 12.0. The van der Waals surface area contributed by atoms with E-state index in [9.17, 15) is 4.79 Å². The van der Waals surface area contributed by atoms with Crippen LogP contribution in [0.2, 0.25) is 10.0 Å². The summed E-state index contributed by atoms with van der Waals surface area (Å²) in [5.41, 5.74) is 0.555. The Bertz CT molecular complexity index is 421. The minimum atomic E-state index is -0.0893. The quantitative estimate of drug-likeness (QED) is 0.759. The molecular formula is C15H21Cl2NO. The summed E-state index contributed by atoms with van der Waals surface area (Å²) < 4.78 is 0. The molecule has 0 radical (unpaired) electrons. The zero-order valence-corrected chi connectivity index (χ0v) is 13.0. The molecule has 0 heterocycles. The second-order valence-corrected chi connectivity index (χ2v) is 5.57. The van der Waals surface area contributed by atoms with Crippen molar-refractivity contribution in [3.05, 3.63) is 33.8 Å². The first kappa shape index (κ1) is 16.3. The van der Waals surface area contributed by atoms with Crippen LogP contribution in [-0.2, 0) is 0 Å². The Kier molecular flexibility index (Phi) is 7.25. The van der Waals surface area contributed by atoms with Crippen LogP contribution in [0.4, 0.5) is 0 Å². The molecule has 19 heavy (non-hydrogen) atoms. The van der Waals surface area contributed by atoms with Gasteiger partial charge in [-0.2, -0.15) is 0 Å². The predicted molar refractivity (Wildman–Crippen MR) is 82.1 cm³/mol. The summed E-state index contributed by atoms with van der Waals surface area (Å²) in [5.74, 6) is 0.459. The summed E-state index contributed by atoms with van der Waals surface area (Å²) in [6, 6.07) is 4.94. The Labute approximate surface area is 125 Å². The largest absolute Gasteiger partial charge is 0.352 e. The van der Waals surface area contributed by atoms with Crippen molar-refractivity contribution in [1.82, 2.24) is 5.32 Å². The van der Waals surface area contributed by atoms with Gasteiger partial charge in [-0.1, -0.05) is 56.3 Å². The fourth-order valence-electron chi connectivity index (χ4n) is 1.92. The van der Waals surface area contributed by atoms with E-state index < -0.39 is 0 Å². The number of carbonyl (C=O) groups is 1.